The Morgan fingerprint density at radius 2 is 1.73 bits per heavy atom. The van der Waals surface area contributed by atoms with E-state index in [9.17, 15) is 0 Å². The lowest BCUT2D eigenvalue weighted by Crippen LogP contribution is -2.05. The number of H-pyrrole nitrogens is 1. The molecule has 7 nitrogen and oxygen atoms in total. The van der Waals surface area contributed by atoms with E-state index in [4.69, 9.17) is 9.97 Å². The summed E-state index contributed by atoms with van der Waals surface area (Å²) >= 11 is 0. The van der Waals surface area contributed by atoms with Crippen molar-refractivity contribution in [2.75, 3.05) is 0 Å². The van der Waals surface area contributed by atoms with Crippen LogP contribution in [-0.2, 0) is 13.0 Å². The van der Waals surface area contributed by atoms with Crippen LogP contribution in [0.15, 0.2) is 60.7 Å². The highest BCUT2D eigenvalue weighted by molar-refractivity contribution is 5.90. The van der Waals surface area contributed by atoms with Crippen LogP contribution in [0.2, 0.25) is 0 Å². The molecule has 0 unspecified atom stereocenters. The molecule has 5 aromatic rings. The zero-order valence-corrected chi connectivity index (χ0v) is 18.9. The first-order valence-electron chi connectivity index (χ1n) is 11.1. The third-order valence-electron chi connectivity index (χ3n) is 5.74. The van der Waals surface area contributed by atoms with E-state index in [1.807, 2.05) is 31.2 Å². The maximum atomic E-state index is 4.86. The second-order valence-corrected chi connectivity index (χ2v) is 8.11. The van der Waals surface area contributed by atoms with Crippen molar-refractivity contribution >= 4 is 22.8 Å². The molecule has 0 radical (unpaired) electrons. The molecule has 33 heavy (non-hydrogen) atoms. The SMILES string of the molecule is CCc1nc2c(C)cc(C)nc2n1Cc1ccc(/C(=C\c2nn[nH]n2)c2ccccc2)cc1. The Balaban J connectivity index is 1.51. The topological polar surface area (TPSA) is 85.2 Å². The number of imidazole rings is 1. The number of aromatic amines is 1. The molecule has 0 aliphatic heterocycles. The first-order chi connectivity index (χ1) is 16.1. The number of rotatable bonds is 6. The van der Waals surface area contributed by atoms with Crippen LogP contribution < -0.4 is 0 Å². The van der Waals surface area contributed by atoms with Crippen molar-refractivity contribution in [3.05, 3.63) is 100 Å². The molecule has 7 heteroatoms. The van der Waals surface area contributed by atoms with Gasteiger partial charge in [0.05, 0.1) is 6.54 Å². The maximum Gasteiger partial charge on any atom is 0.198 e. The van der Waals surface area contributed by atoms with Gasteiger partial charge in [-0.25, -0.2) is 9.97 Å². The van der Waals surface area contributed by atoms with E-state index in [2.05, 4.69) is 81.5 Å². The van der Waals surface area contributed by atoms with E-state index >= 15 is 0 Å². The molecule has 2 aromatic carbocycles. The summed E-state index contributed by atoms with van der Waals surface area (Å²) in [5, 5.41) is 14.4. The average Bonchev–Trinajstić information content (AvgIpc) is 3.47. The Bertz CT molecular complexity index is 1410. The molecule has 0 saturated carbocycles. The van der Waals surface area contributed by atoms with Gasteiger partial charge in [-0.3, -0.25) is 0 Å². The van der Waals surface area contributed by atoms with Gasteiger partial charge in [-0.15, -0.1) is 10.2 Å². The Kier molecular flexibility index (Phi) is 5.52. The smallest absolute Gasteiger partial charge is 0.198 e. The van der Waals surface area contributed by atoms with E-state index in [0.717, 1.165) is 52.3 Å². The van der Waals surface area contributed by atoms with Crippen molar-refractivity contribution in [1.82, 2.24) is 35.2 Å². The van der Waals surface area contributed by atoms with Gasteiger partial charge in [0.1, 0.15) is 11.3 Å². The van der Waals surface area contributed by atoms with Crippen LogP contribution >= 0.6 is 0 Å². The summed E-state index contributed by atoms with van der Waals surface area (Å²) in [7, 11) is 0. The molecule has 0 amide bonds. The first-order valence-corrected chi connectivity index (χ1v) is 11.1. The zero-order chi connectivity index (χ0) is 22.8. The third-order valence-corrected chi connectivity index (χ3v) is 5.74. The molecule has 3 heterocycles. The lowest BCUT2D eigenvalue weighted by Gasteiger charge is -2.11. The summed E-state index contributed by atoms with van der Waals surface area (Å²) in [6.07, 6.45) is 2.81. The number of benzene rings is 2. The Hall–Kier alpha value is -4.13. The lowest BCUT2D eigenvalue weighted by atomic mass is 9.96. The number of fused-ring (bicyclic) bond motifs is 1. The molecular formula is C26H25N7. The first kappa shape index (κ1) is 20.8. The standard InChI is InChI=1S/C26H25N7/c1-4-24-28-25-17(2)14-18(3)27-26(25)33(24)16-19-10-12-21(13-11-19)22(15-23-29-31-32-30-23)20-8-6-5-7-9-20/h5-15H,4,16H2,1-3H3,(H,29,30,31,32)/b22-15-. The minimum Gasteiger partial charge on any atom is -0.308 e. The largest absolute Gasteiger partial charge is 0.308 e. The average molecular weight is 436 g/mol. The van der Waals surface area contributed by atoms with Crippen molar-refractivity contribution in [2.45, 2.75) is 33.7 Å². The van der Waals surface area contributed by atoms with Crippen LogP contribution in [0.3, 0.4) is 0 Å². The fraction of sp³-hybridized carbons (Fsp3) is 0.192. The van der Waals surface area contributed by atoms with Crippen LogP contribution in [0, 0.1) is 13.8 Å². The van der Waals surface area contributed by atoms with Gasteiger partial charge in [0, 0.05) is 12.1 Å². The number of hydrogen-bond acceptors (Lipinski definition) is 5. The van der Waals surface area contributed by atoms with E-state index in [1.54, 1.807) is 0 Å². The molecule has 0 bridgehead atoms. The fourth-order valence-corrected chi connectivity index (χ4v) is 4.17. The quantitative estimate of drug-likeness (QED) is 0.416. The van der Waals surface area contributed by atoms with Gasteiger partial charge >= 0.3 is 0 Å². The van der Waals surface area contributed by atoms with Crippen molar-refractivity contribution in [2.24, 2.45) is 0 Å². The highest BCUT2D eigenvalue weighted by Gasteiger charge is 2.14. The van der Waals surface area contributed by atoms with Gasteiger partial charge in [0.2, 0.25) is 0 Å². The molecule has 5 rings (SSSR count). The summed E-state index contributed by atoms with van der Waals surface area (Å²) in [6.45, 7) is 7.00. The van der Waals surface area contributed by atoms with Gasteiger partial charge in [-0.05, 0) is 59.0 Å². The van der Waals surface area contributed by atoms with Gasteiger partial charge in [-0.1, -0.05) is 61.5 Å². The molecular weight excluding hydrogens is 410 g/mol. The highest BCUT2D eigenvalue weighted by Crippen LogP contribution is 2.26. The predicted octanol–water partition coefficient (Wildman–Crippen LogP) is 4.76. The molecule has 0 aliphatic carbocycles. The number of pyridine rings is 1. The summed E-state index contributed by atoms with van der Waals surface area (Å²) in [4.78, 5) is 9.66. The normalized spacial score (nSPS) is 11.9. The van der Waals surface area contributed by atoms with Gasteiger partial charge in [0.25, 0.3) is 0 Å². The Morgan fingerprint density at radius 3 is 2.42 bits per heavy atom. The number of aryl methyl sites for hydroxylation is 3. The lowest BCUT2D eigenvalue weighted by molar-refractivity contribution is 0.745. The van der Waals surface area contributed by atoms with Gasteiger partial charge < -0.3 is 4.57 Å². The molecule has 0 fully saturated rings. The second kappa shape index (κ2) is 8.78. The highest BCUT2D eigenvalue weighted by atomic mass is 15.5. The summed E-state index contributed by atoms with van der Waals surface area (Å²) in [5.74, 6) is 1.60. The van der Waals surface area contributed by atoms with Crippen LogP contribution in [0.25, 0.3) is 22.8 Å². The number of hydrogen-bond donors (Lipinski definition) is 1. The van der Waals surface area contributed by atoms with E-state index in [0.29, 0.717) is 5.82 Å². The summed E-state index contributed by atoms with van der Waals surface area (Å²) in [6, 6.07) is 20.9. The molecule has 164 valence electrons. The van der Waals surface area contributed by atoms with Crippen LogP contribution in [0.5, 0.6) is 0 Å². The molecule has 3 aromatic heterocycles. The number of nitrogens with one attached hydrogen (secondary N) is 1. The van der Waals surface area contributed by atoms with E-state index in [1.165, 1.54) is 11.1 Å². The third kappa shape index (κ3) is 4.17. The minimum atomic E-state index is 0.548. The molecule has 1 N–H and O–H groups in total. The van der Waals surface area contributed by atoms with Crippen molar-refractivity contribution in [3.63, 3.8) is 0 Å². The molecule has 0 atom stereocenters. The minimum absolute atomic E-state index is 0.548. The summed E-state index contributed by atoms with van der Waals surface area (Å²) < 4.78 is 2.23. The molecule has 0 saturated heterocycles. The summed E-state index contributed by atoms with van der Waals surface area (Å²) in [5.41, 5.74) is 8.54. The van der Waals surface area contributed by atoms with E-state index in [-0.39, 0.29) is 0 Å². The van der Waals surface area contributed by atoms with Crippen LogP contribution in [0.4, 0.5) is 0 Å². The number of aromatic nitrogens is 7. The maximum absolute atomic E-state index is 4.86. The molecule has 0 spiro atoms. The monoisotopic (exact) mass is 435 g/mol. The molecule has 0 aliphatic rings. The van der Waals surface area contributed by atoms with Crippen LogP contribution in [-0.4, -0.2) is 35.2 Å². The zero-order valence-electron chi connectivity index (χ0n) is 18.9. The Morgan fingerprint density at radius 1 is 0.970 bits per heavy atom. The number of tetrazole rings is 1. The van der Waals surface area contributed by atoms with Crippen molar-refractivity contribution in [3.8, 4) is 0 Å². The fourth-order valence-electron chi connectivity index (χ4n) is 4.17. The van der Waals surface area contributed by atoms with E-state index < -0.39 is 0 Å². The van der Waals surface area contributed by atoms with Crippen molar-refractivity contribution in [1.29, 1.82) is 0 Å². The second-order valence-electron chi connectivity index (χ2n) is 8.11. The number of nitrogens with zero attached hydrogens (tertiary/aromatic N) is 6. The predicted molar refractivity (Wildman–Crippen MR) is 130 cm³/mol. The Labute approximate surface area is 192 Å². The van der Waals surface area contributed by atoms with Crippen molar-refractivity contribution < 1.29 is 0 Å². The van der Waals surface area contributed by atoms with Gasteiger partial charge in [0.15, 0.2) is 11.5 Å². The van der Waals surface area contributed by atoms with Crippen LogP contribution in [0.1, 0.15) is 46.5 Å². The van der Waals surface area contributed by atoms with Gasteiger partial charge in [-0.2, -0.15) is 5.21 Å².